The molecule has 0 unspecified atom stereocenters. The van der Waals surface area contributed by atoms with E-state index in [0.717, 1.165) is 25.1 Å². The number of likely N-dealkylation sites (tertiary alicyclic amines) is 1. The lowest BCUT2D eigenvalue weighted by molar-refractivity contribution is 0.201. The standard InChI is InChI=1S/C19H26N4O2/c1-14-17(15-7-5-4-6-8-15)9-11-23(14)19(24)20-18-13-16(10-12-25-3)21-22(18)2/h4-8,13-14,17H,9-12H2,1-3H3,(H,20,24)/t14-,17-/m1/s1. The minimum atomic E-state index is -0.0628. The Balaban J connectivity index is 1.65. The molecule has 2 atom stereocenters. The predicted molar refractivity (Wildman–Crippen MR) is 97.8 cm³/mol. The summed E-state index contributed by atoms with van der Waals surface area (Å²) in [6.45, 7) is 3.50. The van der Waals surface area contributed by atoms with Crippen LogP contribution in [0.4, 0.5) is 10.6 Å². The third-order valence-corrected chi connectivity index (χ3v) is 4.97. The van der Waals surface area contributed by atoms with Crippen LogP contribution in [0.15, 0.2) is 36.4 Å². The quantitative estimate of drug-likeness (QED) is 0.909. The molecule has 0 radical (unpaired) electrons. The molecule has 3 rings (SSSR count). The summed E-state index contributed by atoms with van der Waals surface area (Å²) >= 11 is 0. The molecule has 1 aliphatic rings. The van der Waals surface area contributed by atoms with E-state index >= 15 is 0 Å². The van der Waals surface area contributed by atoms with Gasteiger partial charge >= 0.3 is 6.03 Å². The van der Waals surface area contributed by atoms with Crippen molar-refractivity contribution >= 4 is 11.8 Å². The van der Waals surface area contributed by atoms with E-state index in [9.17, 15) is 4.79 Å². The van der Waals surface area contributed by atoms with Gasteiger partial charge in [0, 0.05) is 45.1 Å². The van der Waals surface area contributed by atoms with Gasteiger partial charge in [-0.05, 0) is 18.9 Å². The Labute approximate surface area is 148 Å². The normalized spacial score (nSPS) is 20.0. The number of aryl methyl sites for hydroxylation is 1. The number of rotatable bonds is 5. The third-order valence-electron chi connectivity index (χ3n) is 4.97. The van der Waals surface area contributed by atoms with Gasteiger partial charge in [0.2, 0.25) is 0 Å². The van der Waals surface area contributed by atoms with Gasteiger partial charge in [0.1, 0.15) is 5.82 Å². The molecule has 1 fully saturated rings. The molecule has 6 heteroatoms. The third kappa shape index (κ3) is 3.85. The molecule has 1 aromatic heterocycles. The highest BCUT2D eigenvalue weighted by atomic mass is 16.5. The van der Waals surface area contributed by atoms with E-state index in [2.05, 4.69) is 41.6 Å². The van der Waals surface area contributed by atoms with Crippen LogP contribution in [-0.4, -0.2) is 47.0 Å². The zero-order valence-corrected chi connectivity index (χ0v) is 15.1. The Morgan fingerprint density at radius 3 is 2.84 bits per heavy atom. The highest BCUT2D eigenvalue weighted by Crippen LogP contribution is 2.33. The number of nitrogens with one attached hydrogen (secondary N) is 1. The van der Waals surface area contributed by atoms with Crippen LogP contribution >= 0.6 is 0 Å². The number of carbonyl (C=O) groups excluding carboxylic acids is 1. The van der Waals surface area contributed by atoms with Crippen molar-refractivity contribution in [3.63, 3.8) is 0 Å². The zero-order chi connectivity index (χ0) is 17.8. The second-order valence-corrected chi connectivity index (χ2v) is 6.56. The van der Waals surface area contributed by atoms with E-state index in [1.807, 2.05) is 24.1 Å². The van der Waals surface area contributed by atoms with Gasteiger partial charge in [-0.25, -0.2) is 4.79 Å². The first kappa shape index (κ1) is 17.5. The van der Waals surface area contributed by atoms with Crippen molar-refractivity contribution in [1.29, 1.82) is 0 Å². The summed E-state index contributed by atoms with van der Waals surface area (Å²) in [5, 5.41) is 7.41. The Kier molecular flexibility index (Phi) is 5.38. The zero-order valence-electron chi connectivity index (χ0n) is 15.1. The number of amides is 2. The van der Waals surface area contributed by atoms with Crippen molar-refractivity contribution in [2.75, 3.05) is 25.6 Å². The number of hydrogen-bond donors (Lipinski definition) is 1. The number of ether oxygens (including phenoxy) is 1. The summed E-state index contributed by atoms with van der Waals surface area (Å²) in [6, 6.07) is 12.4. The van der Waals surface area contributed by atoms with Gasteiger partial charge in [0.15, 0.2) is 0 Å². The van der Waals surface area contributed by atoms with Crippen molar-refractivity contribution < 1.29 is 9.53 Å². The van der Waals surface area contributed by atoms with Crippen molar-refractivity contribution in [1.82, 2.24) is 14.7 Å². The number of benzene rings is 1. The highest BCUT2D eigenvalue weighted by Gasteiger charge is 2.34. The minimum Gasteiger partial charge on any atom is -0.384 e. The summed E-state index contributed by atoms with van der Waals surface area (Å²) in [5.74, 6) is 1.10. The second kappa shape index (κ2) is 7.70. The molecule has 0 saturated carbocycles. The molecule has 1 aliphatic heterocycles. The SMILES string of the molecule is COCCc1cc(NC(=O)N2CC[C@@H](c3ccccc3)[C@H]2C)n(C)n1. The highest BCUT2D eigenvalue weighted by molar-refractivity contribution is 5.89. The average molecular weight is 342 g/mol. The molecule has 1 aromatic carbocycles. The topological polar surface area (TPSA) is 59.4 Å². The fraction of sp³-hybridized carbons (Fsp3) is 0.474. The van der Waals surface area contributed by atoms with Crippen LogP contribution in [0.25, 0.3) is 0 Å². The van der Waals surface area contributed by atoms with Gasteiger partial charge in [0.05, 0.1) is 12.3 Å². The van der Waals surface area contributed by atoms with E-state index in [1.165, 1.54) is 5.56 Å². The molecule has 2 heterocycles. The maximum atomic E-state index is 12.7. The second-order valence-electron chi connectivity index (χ2n) is 6.56. The van der Waals surface area contributed by atoms with Crippen molar-refractivity contribution in [2.45, 2.75) is 31.7 Å². The van der Waals surface area contributed by atoms with E-state index in [-0.39, 0.29) is 12.1 Å². The molecule has 2 aromatic rings. The summed E-state index contributed by atoms with van der Waals surface area (Å²) in [7, 11) is 3.51. The van der Waals surface area contributed by atoms with E-state index in [0.29, 0.717) is 18.3 Å². The number of urea groups is 1. The first-order valence-electron chi connectivity index (χ1n) is 8.74. The lowest BCUT2D eigenvalue weighted by atomic mass is 9.93. The minimum absolute atomic E-state index is 0.0628. The fourth-order valence-corrected chi connectivity index (χ4v) is 3.53. The van der Waals surface area contributed by atoms with Gasteiger partial charge in [-0.2, -0.15) is 5.10 Å². The van der Waals surface area contributed by atoms with E-state index < -0.39 is 0 Å². The lowest BCUT2D eigenvalue weighted by Crippen LogP contribution is -2.38. The van der Waals surface area contributed by atoms with Crippen LogP contribution in [-0.2, 0) is 18.2 Å². The Morgan fingerprint density at radius 2 is 2.12 bits per heavy atom. The maximum Gasteiger partial charge on any atom is 0.323 e. The van der Waals surface area contributed by atoms with Crippen LogP contribution in [0, 0.1) is 0 Å². The molecule has 1 saturated heterocycles. The molecular formula is C19H26N4O2. The number of aromatic nitrogens is 2. The molecule has 0 spiro atoms. The van der Waals surface area contributed by atoms with Gasteiger partial charge in [0.25, 0.3) is 0 Å². The molecule has 1 N–H and O–H groups in total. The van der Waals surface area contributed by atoms with Crippen molar-refractivity contribution in [2.24, 2.45) is 7.05 Å². The van der Waals surface area contributed by atoms with Gasteiger partial charge in [-0.1, -0.05) is 30.3 Å². The van der Waals surface area contributed by atoms with Crippen LogP contribution in [0.5, 0.6) is 0 Å². The number of nitrogens with zero attached hydrogens (tertiary/aromatic N) is 3. The average Bonchev–Trinajstić information content (AvgIpc) is 3.16. The molecule has 6 nitrogen and oxygen atoms in total. The van der Waals surface area contributed by atoms with Crippen molar-refractivity contribution in [3.8, 4) is 0 Å². The fourth-order valence-electron chi connectivity index (χ4n) is 3.53. The van der Waals surface area contributed by atoms with E-state index in [4.69, 9.17) is 4.74 Å². The van der Waals surface area contributed by atoms with E-state index in [1.54, 1.807) is 11.8 Å². The molecule has 2 amide bonds. The number of methoxy groups -OCH3 is 1. The van der Waals surface area contributed by atoms with Crippen molar-refractivity contribution in [3.05, 3.63) is 47.7 Å². The Morgan fingerprint density at radius 1 is 1.36 bits per heavy atom. The summed E-state index contributed by atoms with van der Waals surface area (Å²) in [5.41, 5.74) is 2.21. The van der Waals surface area contributed by atoms with Crippen LogP contribution in [0.3, 0.4) is 0 Å². The predicted octanol–water partition coefficient (Wildman–Crippen LogP) is 3.02. The smallest absolute Gasteiger partial charge is 0.323 e. The van der Waals surface area contributed by atoms with Crippen LogP contribution < -0.4 is 5.32 Å². The summed E-state index contributed by atoms with van der Waals surface area (Å²) in [6.07, 6.45) is 1.72. The number of carbonyl (C=O) groups is 1. The van der Waals surface area contributed by atoms with Crippen LogP contribution in [0.2, 0.25) is 0 Å². The number of hydrogen-bond acceptors (Lipinski definition) is 3. The Hall–Kier alpha value is -2.34. The maximum absolute atomic E-state index is 12.7. The monoisotopic (exact) mass is 342 g/mol. The molecule has 0 aliphatic carbocycles. The summed E-state index contributed by atoms with van der Waals surface area (Å²) in [4.78, 5) is 14.6. The first-order valence-corrected chi connectivity index (χ1v) is 8.74. The molecular weight excluding hydrogens is 316 g/mol. The Bertz CT molecular complexity index is 713. The molecule has 0 bridgehead atoms. The molecule has 25 heavy (non-hydrogen) atoms. The van der Waals surface area contributed by atoms with Gasteiger partial charge < -0.3 is 9.64 Å². The largest absolute Gasteiger partial charge is 0.384 e. The first-order chi connectivity index (χ1) is 12.1. The summed E-state index contributed by atoms with van der Waals surface area (Å²) < 4.78 is 6.79. The van der Waals surface area contributed by atoms with Crippen LogP contribution in [0.1, 0.15) is 30.5 Å². The lowest BCUT2D eigenvalue weighted by Gasteiger charge is -2.25. The van der Waals surface area contributed by atoms with Gasteiger partial charge in [-0.3, -0.25) is 10.00 Å². The van der Waals surface area contributed by atoms with Gasteiger partial charge in [-0.15, -0.1) is 0 Å². The molecule has 134 valence electrons. The number of anilines is 1.